The molecule has 33 heavy (non-hydrogen) atoms. The van der Waals surface area contributed by atoms with Crippen LogP contribution in [0, 0.1) is 0 Å². The zero-order valence-corrected chi connectivity index (χ0v) is 19.8. The molecule has 0 saturated carbocycles. The molecule has 0 aliphatic heterocycles. The fraction of sp³-hybridized carbons (Fsp3) is 0.125. The van der Waals surface area contributed by atoms with Crippen molar-refractivity contribution in [2.75, 3.05) is 16.0 Å². The van der Waals surface area contributed by atoms with Crippen LogP contribution in [0.25, 0.3) is 0 Å². The number of rotatable bonds is 9. The number of aromatic nitrogens is 3. The van der Waals surface area contributed by atoms with Crippen LogP contribution in [-0.2, 0) is 19.6 Å². The second-order valence-electron chi connectivity index (χ2n) is 7.25. The number of benzene rings is 3. The minimum absolute atomic E-state index is 0.456. The fourth-order valence-corrected chi connectivity index (χ4v) is 3.34. The first-order chi connectivity index (χ1) is 16.0. The normalized spacial score (nSPS) is 10.6. The highest BCUT2D eigenvalue weighted by atomic mass is 35.5. The van der Waals surface area contributed by atoms with E-state index >= 15 is 0 Å². The van der Waals surface area contributed by atoms with Gasteiger partial charge < -0.3 is 16.0 Å². The monoisotopic (exact) mass is 498 g/mol. The van der Waals surface area contributed by atoms with E-state index in [9.17, 15) is 0 Å². The van der Waals surface area contributed by atoms with E-state index in [4.69, 9.17) is 34.8 Å². The summed E-state index contributed by atoms with van der Waals surface area (Å²) in [7, 11) is 0. The highest BCUT2D eigenvalue weighted by Gasteiger charge is 2.08. The molecule has 0 bridgehead atoms. The summed E-state index contributed by atoms with van der Waals surface area (Å²) >= 11 is 17.9. The Morgan fingerprint density at radius 3 is 0.909 bits per heavy atom. The average Bonchev–Trinajstić information content (AvgIpc) is 2.83. The second kappa shape index (κ2) is 11.2. The van der Waals surface area contributed by atoms with Crippen molar-refractivity contribution in [3.8, 4) is 0 Å². The number of halogens is 3. The molecule has 0 saturated heterocycles. The Hall–Kier alpha value is -3.06. The first kappa shape index (κ1) is 23.1. The van der Waals surface area contributed by atoms with E-state index in [2.05, 4.69) is 30.9 Å². The van der Waals surface area contributed by atoms with Crippen LogP contribution in [0.2, 0.25) is 15.1 Å². The molecule has 0 aliphatic rings. The van der Waals surface area contributed by atoms with Gasteiger partial charge in [0.15, 0.2) is 0 Å². The first-order valence-corrected chi connectivity index (χ1v) is 11.4. The van der Waals surface area contributed by atoms with Gasteiger partial charge in [0.05, 0.1) is 0 Å². The van der Waals surface area contributed by atoms with Crippen LogP contribution < -0.4 is 16.0 Å². The van der Waals surface area contributed by atoms with Gasteiger partial charge in [0.25, 0.3) is 0 Å². The lowest BCUT2D eigenvalue weighted by atomic mass is 10.2. The van der Waals surface area contributed by atoms with Crippen molar-refractivity contribution in [3.63, 3.8) is 0 Å². The molecule has 4 aromatic rings. The maximum atomic E-state index is 5.97. The van der Waals surface area contributed by atoms with E-state index < -0.39 is 0 Å². The van der Waals surface area contributed by atoms with Crippen LogP contribution in [0.5, 0.6) is 0 Å². The van der Waals surface area contributed by atoms with Crippen LogP contribution >= 0.6 is 34.8 Å². The predicted octanol–water partition coefficient (Wildman–Crippen LogP) is 6.67. The van der Waals surface area contributed by atoms with E-state index in [1.54, 1.807) is 0 Å². The predicted molar refractivity (Wildman–Crippen MR) is 136 cm³/mol. The highest BCUT2D eigenvalue weighted by Crippen LogP contribution is 2.16. The summed E-state index contributed by atoms with van der Waals surface area (Å²) in [5, 5.41) is 11.8. The quantitative estimate of drug-likeness (QED) is 0.239. The van der Waals surface area contributed by atoms with Gasteiger partial charge in [0.2, 0.25) is 17.8 Å². The molecule has 9 heteroatoms. The highest BCUT2D eigenvalue weighted by molar-refractivity contribution is 6.31. The third kappa shape index (κ3) is 7.22. The molecule has 0 fully saturated rings. The van der Waals surface area contributed by atoms with Gasteiger partial charge in [-0.2, -0.15) is 15.0 Å². The summed E-state index contributed by atoms with van der Waals surface area (Å²) < 4.78 is 0. The summed E-state index contributed by atoms with van der Waals surface area (Å²) in [6.07, 6.45) is 0. The smallest absolute Gasteiger partial charge is 0.229 e. The van der Waals surface area contributed by atoms with Gasteiger partial charge in [-0.3, -0.25) is 0 Å². The van der Waals surface area contributed by atoms with E-state index in [1.807, 2.05) is 72.8 Å². The Labute approximate surface area is 207 Å². The Bertz CT molecular complexity index is 1020. The van der Waals surface area contributed by atoms with E-state index in [1.165, 1.54) is 0 Å². The summed E-state index contributed by atoms with van der Waals surface area (Å²) in [4.78, 5) is 13.5. The van der Waals surface area contributed by atoms with Gasteiger partial charge in [0.1, 0.15) is 0 Å². The Kier molecular flexibility index (Phi) is 7.83. The Morgan fingerprint density at radius 2 is 0.667 bits per heavy atom. The SMILES string of the molecule is Clc1ccc(CNc2nc(NCc3ccc(Cl)cc3)nc(NCc3ccc(Cl)cc3)n2)cc1. The van der Waals surface area contributed by atoms with Crippen LogP contribution in [0.1, 0.15) is 16.7 Å². The molecule has 0 radical (unpaired) electrons. The largest absolute Gasteiger partial charge is 0.350 e. The van der Waals surface area contributed by atoms with Crippen LogP contribution in [0.4, 0.5) is 17.8 Å². The lowest BCUT2D eigenvalue weighted by Gasteiger charge is -2.12. The minimum Gasteiger partial charge on any atom is -0.350 e. The molecule has 0 aliphatic carbocycles. The number of nitrogens with one attached hydrogen (secondary N) is 3. The zero-order valence-electron chi connectivity index (χ0n) is 17.5. The molecule has 4 rings (SSSR count). The van der Waals surface area contributed by atoms with Crippen LogP contribution in [0.15, 0.2) is 72.8 Å². The topological polar surface area (TPSA) is 74.8 Å². The lowest BCUT2D eigenvalue weighted by molar-refractivity contribution is 0.961. The van der Waals surface area contributed by atoms with Gasteiger partial charge in [-0.15, -0.1) is 0 Å². The van der Waals surface area contributed by atoms with Crippen molar-refractivity contribution < 1.29 is 0 Å². The van der Waals surface area contributed by atoms with Crippen molar-refractivity contribution in [2.24, 2.45) is 0 Å². The van der Waals surface area contributed by atoms with Crippen LogP contribution in [0.3, 0.4) is 0 Å². The average molecular weight is 500 g/mol. The van der Waals surface area contributed by atoms with Crippen molar-refractivity contribution in [2.45, 2.75) is 19.6 Å². The van der Waals surface area contributed by atoms with E-state index in [-0.39, 0.29) is 0 Å². The van der Waals surface area contributed by atoms with Gasteiger partial charge in [-0.1, -0.05) is 71.2 Å². The van der Waals surface area contributed by atoms with Crippen molar-refractivity contribution in [1.82, 2.24) is 15.0 Å². The molecule has 3 N–H and O–H groups in total. The number of anilines is 3. The van der Waals surface area contributed by atoms with Gasteiger partial charge >= 0.3 is 0 Å². The molecule has 0 amide bonds. The lowest BCUT2D eigenvalue weighted by Crippen LogP contribution is -2.12. The maximum Gasteiger partial charge on any atom is 0.229 e. The molecule has 168 valence electrons. The van der Waals surface area contributed by atoms with E-state index in [0.717, 1.165) is 16.7 Å². The van der Waals surface area contributed by atoms with Gasteiger partial charge in [-0.05, 0) is 53.1 Å². The molecule has 1 heterocycles. The zero-order chi connectivity index (χ0) is 23.0. The Balaban J connectivity index is 1.48. The molecular weight excluding hydrogens is 479 g/mol. The first-order valence-electron chi connectivity index (χ1n) is 10.2. The maximum absolute atomic E-state index is 5.97. The Morgan fingerprint density at radius 1 is 0.424 bits per heavy atom. The third-order valence-electron chi connectivity index (χ3n) is 4.73. The summed E-state index contributed by atoms with van der Waals surface area (Å²) in [5.41, 5.74) is 3.18. The molecule has 0 spiro atoms. The standard InChI is InChI=1S/C24H21Cl3N6/c25-19-7-1-16(2-8-19)13-28-22-31-23(29-14-17-3-9-20(26)10-4-17)33-24(32-22)30-15-18-5-11-21(27)12-6-18/h1-12H,13-15H2,(H3,28,29,30,31,32,33). The summed E-state index contributed by atoms with van der Waals surface area (Å²) in [5.74, 6) is 1.37. The van der Waals surface area contributed by atoms with Crippen molar-refractivity contribution >= 4 is 52.6 Å². The molecule has 1 aromatic heterocycles. The van der Waals surface area contributed by atoms with Gasteiger partial charge in [-0.25, -0.2) is 0 Å². The second-order valence-corrected chi connectivity index (χ2v) is 8.56. The van der Waals surface area contributed by atoms with Crippen molar-refractivity contribution in [3.05, 3.63) is 105 Å². The third-order valence-corrected chi connectivity index (χ3v) is 5.48. The molecule has 0 unspecified atom stereocenters. The molecule has 0 atom stereocenters. The molecule has 6 nitrogen and oxygen atoms in total. The summed E-state index contributed by atoms with van der Waals surface area (Å²) in [6.45, 7) is 1.65. The van der Waals surface area contributed by atoms with Crippen molar-refractivity contribution in [1.29, 1.82) is 0 Å². The van der Waals surface area contributed by atoms with Gasteiger partial charge in [0, 0.05) is 34.7 Å². The fourth-order valence-electron chi connectivity index (χ4n) is 2.96. The van der Waals surface area contributed by atoms with E-state index in [0.29, 0.717) is 52.5 Å². The molecular formula is C24H21Cl3N6. The number of hydrogen-bond acceptors (Lipinski definition) is 6. The summed E-state index contributed by atoms with van der Waals surface area (Å²) in [6, 6.07) is 22.8. The minimum atomic E-state index is 0.456. The van der Waals surface area contributed by atoms with Crippen LogP contribution in [-0.4, -0.2) is 15.0 Å². The number of nitrogens with zero attached hydrogens (tertiary/aromatic N) is 3. The number of hydrogen-bond donors (Lipinski definition) is 3. The molecule has 3 aromatic carbocycles.